The van der Waals surface area contributed by atoms with Crippen LogP contribution in [0.3, 0.4) is 0 Å². The lowest BCUT2D eigenvalue weighted by Gasteiger charge is -2.08. The first-order valence-corrected chi connectivity index (χ1v) is 7.35. The Bertz CT molecular complexity index is 648. The second-order valence-electron chi connectivity index (χ2n) is 5.03. The molecule has 0 atom stereocenters. The summed E-state index contributed by atoms with van der Waals surface area (Å²) in [6.45, 7) is 0. The number of aromatic nitrogens is 2. The van der Waals surface area contributed by atoms with Crippen LogP contribution in [0.25, 0.3) is 11.1 Å². The first kappa shape index (κ1) is 13.2. The van der Waals surface area contributed by atoms with Gasteiger partial charge in [0.2, 0.25) is 5.91 Å². The maximum atomic E-state index is 11.9. The highest BCUT2D eigenvalue weighted by Crippen LogP contribution is 2.32. The lowest BCUT2D eigenvalue weighted by molar-refractivity contribution is -0.117. The van der Waals surface area contributed by atoms with Gasteiger partial charge in [-0.1, -0.05) is 0 Å². The van der Waals surface area contributed by atoms with E-state index in [1.807, 2.05) is 31.4 Å². The molecule has 3 rings (SSSR count). The van der Waals surface area contributed by atoms with E-state index < -0.39 is 0 Å². The molecule has 104 valence electrons. The fourth-order valence-electron chi connectivity index (χ4n) is 2.07. The number of anilines is 1. The van der Waals surface area contributed by atoms with Crippen LogP contribution in [0.1, 0.15) is 12.8 Å². The monoisotopic (exact) mass is 288 g/mol. The zero-order chi connectivity index (χ0) is 14.1. The van der Waals surface area contributed by atoms with E-state index in [9.17, 15) is 4.79 Å². The molecule has 0 bridgehead atoms. The maximum absolute atomic E-state index is 11.9. The van der Waals surface area contributed by atoms with Crippen molar-refractivity contribution >= 4 is 23.5 Å². The van der Waals surface area contributed by atoms with Crippen molar-refractivity contribution in [2.45, 2.75) is 17.7 Å². The van der Waals surface area contributed by atoms with E-state index >= 15 is 0 Å². The molecular weight excluding hydrogens is 272 g/mol. The normalized spacial score (nSPS) is 14.3. The molecule has 0 spiro atoms. The summed E-state index contributed by atoms with van der Waals surface area (Å²) in [5.74, 6) is 0.285. The fourth-order valence-corrected chi connectivity index (χ4v) is 2.46. The molecule has 0 saturated heterocycles. The predicted molar refractivity (Wildman–Crippen MR) is 80.0 cm³/mol. The quantitative estimate of drug-likeness (QED) is 0.847. The zero-order valence-corrected chi connectivity index (χ0v) is 12.0. The number of rotatable bonds is 4. The van der Waals surface area contributed by atoms with Gasteiger partial charge in [-0.25, -0.2) is 0 Å². The Morgan fingerprint density at radius 3 is 2.80 bits per heavy atom. The Balaban J connectivity index is 1.91. The number of nitrogens with zero attached hydrogens (tertiary/aromatic N) is 2. The third kappa shape index (κ3) is 2.86. The molecule has 1 aromatic carbocycles. The molecule has 1 aromatic heterocycles. The number of nitrogens with two attached hydrogens (primary N) is 1. The Morgan fingerprint density at radius 2 is 2.20 bits per heavy atom. The fraction of sp³-hybridized carbons (Fsp3) is 0.286. The van der Waals surface area contributed by atoms with Crippen molar-refractivity contribution in [2.75, 3.05) is 5.32 Å². The van der Waals surface area contributed by atoms with E-state index in [2.05, 4.69) is 10.4 Å². The molecule has 1 saturated carbocycles. The van der Waals surface area contributed by atoms with Crippen LogP contribution < -0.4 is 10.5 Å². The molecule has 3 N–H and O–H groups in total. The van der Waals surface area contributed by atoms with Crippen LogP contribution >= 0.6 is 11.9 Å². The number of carbonyl (C=O) groups is 1. The Labute approximate surface area is 121 Å². The Kier molecular flexibility index (Phi) is 3.50. The van der Waals surface area contributed by atoms with Crippen molar-refractivity contribution in [3.05, 3.63) is 30.6 Å². The van der Waals surface area contributed by atoms with E-state index in [4.69, 9.17) is 5.14 Å². The number of hydrogen-bond donors (Lipinski definition) is 2. The van der Waals surface area contributed by atoms with E-state index in [0.29, 0.717) is 0 Å². The molecule has 0 aliphatic heterocycles. The minimum atomic E-state index is 0.0984. The smallest absolute Gasteiger partial charge is 0.227 e. The molecule has 1 aliphatic carbocycles. The summed E-state index contributed by atoms with van der Waals surface area (Å²) in [5, 5.41) is 12.8. The van der Waals surface area contributed by atoms with Crippen LogP contribution in [0.5, 0.6) is 0 Å². The van der Waals surface area contributed by atoms with Crippen LogP contribution in [-0.2, 0) is 11.8 Å². The maximum Gasteiger partial charge on any atom is 0.227 e. The van der Waals surface area contributed by atoms with Crippen LogP contribution in [0, 0.1) is 5.92 Å². The molecule has 1 amide bonds. The van der Waals surface area contributed by atoms with Crippen molar-refractivity contribution in [1.82, 2.24) is 9.78 Å². The standard InChI is InChI=1S/C14H16N4OS/c1-18-8-11(7-16-18)10-4-12(6-13(5-10)20-15)17-14(19)9-2-3-9/h4-9H,2-3,15H2,1H3,(H,17,19). The summed E-state index contributed by atoms with van der Waals surface area (Å²) in [7, 11) is 1.88. The van der Waals surface area contributed by atoms with Crippen LogP contribution in [-0.4, -0.2) is 15.7 Å². The number of nitrogens with one attached hydrogen (secondary N) is 1. The van der Waals surface area contributed by atoms with Gasteiger partial charge in [-0.05, 0) is 48.6 Å². The minimum Gasteiger partial charge on any atom is -0.326 e. The highest BCUT2D eigenvalue weighted by atomic mass is 32.2. The van der Waals surface area contributed by atoms with E-state index in [1.165, 1.54) is 11.9 Å². The molecule has 20 heavy (non-hydrogen) atoms. The van der Waals surface area contributed by atoms with Gasteiger partial charge in [0.15, 0.2) is 0 Å². The van der Waals surface area contributed by atoms with Gasteiger partial charge in [0, 0.05) is 35.3 Å². The van der Waals surface area contributed by atoms with E-state index in [-0.39, 0.29) is 11.8 Å². The summed E-state index contributed by atoms with van der Waals surface area (Å²) >= 11 is 1.17. The number of carbonyl (C=O) groups excluding carboxylic acids is 1. The first-order valence-electron chi connectivity index (χ1n) is 6.47. The first-order chi connectivity index (χ1) is 9.65. The van der Waals surface area contributed by atoms with Crippen molar-refractivity contribution < 1.29 is 4.79 Å². The van der Waals surface area contributed by atoms with Crippen LogP contribution in [0.15, 0.2) is 35.5 Å². The molecule has 6 heteroatoms. The summed E-state index contributed by atoms with van der Waals surface area (Å²) in [6.07, 6.45) is 5.72. The lowest BCUT2D eigenvalue weighted by atomic mass is 10.1. The Morgan fingerprint density at radius 1 is 1.40 bits per heavy atom. The second-order valence-corrected chi connectivity index (χ2v) is 5.74. The molecule has 0 radical (unpaired) electrons. The number of amides is 1. The topological polar surface area (TPSA) is 72.9 Å². The van der Waals surface area contributed by atoms with Crippen LogP contribution in [0.4, 0.5) is 5.69 Å². The lowest BCUT2D eigenvalue weighted by Crippen LogP contribution is -2.13. The molecule has 1 aliphatic rings. The molecule has 5 nitrogen and oxygen atoms in total. The molecule has 1 fully saturated rings. The number of benzene rings is 1. The zero-order valence-electron chi connectivity index (χ0n) is 11.2. The van der Waals surface area contributed by atoms with Crippen molar-refractivity contribution in [3.63, 3.8) is 0 Å². The third-order valence-electron chi connectivity index (χ3n) is 3.30. The number of hydrogen-bond acceptors (Lipinski definition) is 4. The predicted octanol–water partition coefficient (Wildman–Crippen LogP) is 2.40. The van der Waals surface area contributed by atoms with Gasteiger partial charge in [0.25, 0.3) is 0 Å². The summed E-state index contributed by atoms with van der Waals surface area (Å²) in [6, 6.07) is 5.84. The average Bonchev–Trinajstić information content (AvgIpc) is 3.20. The largest absolute Gasteiger partial charge is 0.326 e. The van der Waals surface area contributed by atoms with E-state index in [1.54, 1.807) is 10.9 Å². The van der Waals surface area contributed by atoms with Gasteiger partial charge in [0.1, 0.15) is 0 Å². The van der Waals surface area contributed by atoms with Gasteiger partial charge in [-0.3, -0.25) is 14.6 Å². The van der Waals surface area contributed by atoms with Gasteiger partial charge >= 0.3 is 0 Å². The summed E-state index contributed by atoms with van der Waals surface area (Å²) < 4.78 is 1.75. The van der Waals surface area contributed by atoms with Gasteiger partial charge < -0.3 is 5.32 Å². The van der Waals surface area contributed by atoms with Gasteiger partial charge in [-0.15, -0.1) is 0 Å². The highest BCUT2D eigenvalue weighted by Gasteiger charge is 2.29. The van der Waals surface area contributed by atoms with Crippen molar-refractivity contribution in [2.24, 2.45) is 18.1 Å². The minimum absolute atomic E-state index is 0.0984. The second kappa shape index (κ2) is 5.30. The van der Waals surface area contributed by atoms with Gasteiger partial charge in [-0.2, -0.15) is 5.10 Å². The number of aryl methyl sites for hydroxylation is 1. The third-order valence-corrected chi connectivity index (χ3v) is 3.80. The average molecular weight is 288 g/mol. The van der Waals surface area contributed by atoms with Crippen molar-refractivity contribution in [1.29, 1.82) is 0 Å². The Hall–Kier alpha value is -1.79. The van der Waals surface area contributed by atoms with Crippen molar-refractivity contribution in [3.8, 4) is 11.1 Å². The summed E-state index contributed by atoms with van der Waals surface area (Å²) in [4.78, 5) is 12.8. The van der Waals surface area contributed by atoms with Gasteiger partial charge in [0.05, 0.1) is 6.20 Å². The highest BCUT2D eigenvalue weighted by molar-refractivity contribution is 7.97. The van der Waals surface area contributed by atoms with E-state index in [0.717, 1.165) is 34.6 Å². The SMILES string of the molecule is Cn1cc(-c2cc(NC(=O)C3CC3)cc(SN)c2)cn1. The molecule has 0 unspecified atom stereocenters. The van der Waals surface area contributed by atoms with Crippen LogP contribution in [0.2, 0.25) is 0 Å². The molecule has 2 aromatic rings. The molecular formula is C14H16N4OS. The summed E-state index contributed by atoms with van der Waals surface area (Å²) in [5.41, 5.74) is 2.79. The molecule has 1 heterocycles.